The molecule has 1 heterocycles. The van der Waals surface area contributed by atoms with E-state index in [1.165, 1.54) is 0 Å². The average Bonchev–Trinajstić information content (AvgIpc) is 2.41. The highest BCUT2D eigenvalue weighted by molar-refractivity contribution is 9.10. The molecule has 0 saturated carbocycles. The minimum atomic E-state index is -0.950. The quantitative estimate of drug-likeness (QED) is 0.612. The Morgan fingerprint density at radius 1 is 1.57 bits per heavy atom. The zero-order valence-electron chi connectivity index (χ0n) is 7.21. The molecule has 0 aliphatic heterocycles. The van der Waals surface area contributed by atoms with E-state index >= 15 is 0 Å². The first-order valence-electron chi connectivity index (χ1n) is 3.94. The molecule has 14 heavy (non-hydrogen) atoms. The standard InChI is InChI=1S/C7H10BrN3O3/c8-6-5(10-7(14)11-6)3(2-9)1-4(12)13/h3H,1-2,9H2,(H,12,13)(H2,10,11,14). The van der Waals surface area contributed by atoms with Crippen LogP contribution < -0.4 is 11.4 Å². The fraction of sp³-hybridized carbons (Fsp3) is 0.429. The second-order valence-electron chi connectivity index (χ2n) is 2.84. The average molecular weight is 264 g/mol. The molecule has 78 valence electrons. The number of halogens is 1. The van der Waals surface area contributed by atoms with Gasteiger partial charge in [0.15, 0.2) is 0 Å². The van der Waals surface area contributed by atoms with Crippen molar-refractivity contribution in [2.24, 2.45) is 5.73 Å². The number of carboxylic acid groups (broad SMARTS) is 1. The van der Waals surface area contributed by atoms with E-state index < -0.39 is 5.97 Å². The van der Waals surface area contributed by atoms with Gasteiger partial charge in [0.25, 0.3) is 0 Å². The van der Waals surface area contributed by atoms with Crippen LogP contribution in [0.2, 0.25) is 0 Å². The van der Waals surface area contributed by atoms with Gasteiger partial charge in [0.05, 0.1) is 12.1 Å². The molecule has 0 amide bonds. The van der Waals surface area contributed by atoms with Crippen molar-refractivity contribution < 1.29 is 9.90 Å². The smallest absolute Gasteiger partial charge is 0.323 e. The molecule has 1 aromatic rings. The van der Waals surface area contributed by atoms with Crippen LogP contribution in [0, 0.1) is 0 Å². The molecule has 0 bridgehead atoms. The molecule has 0 aromatic carbocycles. The maximum absolute atomic E-state index is 10.9. The number of carboxylic acids is 1. The Kier molecular flexibility index (Phi) is 3.48. The van der Waals surface area contributed by atoms with Gasteiger partial charge < -0.3 is 20.8 Å². The highest BCUT2D eigenvalue weighted by atomic mass is 79.9. The lowest BCUT2D eigenvalue weighted by Gasteiger charge is -2.09. The highest BCUT2D eigenvalue weighted by Gasteiger charge is 2.18. The molecule has 5 N–H and O–H groups in total. The van der Waals surface area contributed by atoms with Gasteiger partial charge in [-0.1, -0.05) is 0 Å². The Balaban J connectivity index is 2.94. The molecule has 0 spiro atoms. The molecule has 1 atom stereocenters. The van der Waals surface area contributed by atoms with Gasteiger partial charge in [-0.3, -0.25) is 4.79 Å². The van der Waals surface area contributed by atoms with Crippen LogP contribution in [0.4, 0.5) is 0 Å². The Bertz CT molecular complexity index is 384. The van der Waals surface area contributed by atoms with Crippen LogP contribution >= 0.6 is 15.9 Å². The van der Waals surface area contributed by atoms with Gasteiger partial charge >= 0.3 is 11.7 Å². The maximum atomic E-state index is 10.9. The van der Waals surface area contributed by atoms with Crippen molar-refractivity contribution in [3.63, 3.8) is 0 Å². The fourth-order valence-electron chi connectivity index (χ4n) is 1.17. The summed E-state index contributed by atoms with van der Waals surface area (Å²) in [6.07, 6.45) is -0.108. The first-order chi connectivity index (χ1) is 6.54. The van der Waals surface area contributed by atoms with Gasteiger partial charge in [-0.25, -0.2) is 4.79 Å². The van der Waals surface area contributed by atoms with Crippen molar-refractivity contribution in [3.05, 3.63) is 20.8 Å². The van der Waals surface area contributed by atoms with E-state index in [1.807, 2.05) is 0 Å². The van der Waals surface area contributed by atoms with Crippen molar-refractivity contribution in [2.75, 3.05) is 6.54 Å². The van der Waals surface area contributed by atoms with Gasteiger partial charge in [-0.05, 0) is 15.9 Å². The molecule has 1 unspecified atom stereocenters. The summed E-state index contributed by atoms with van der Waals surface area (Å²) in [4.78, 5) is 26.3. The summed E-state index contributed by atoms with van der Waals surface area (Å²) in [5.74, 6) is -1.34. The topological polar surface area (TPSA) is 112 Å². The number of H-pyrrole nitrogens is 2. The minimum absolute atomic E-state index is 0.108. The number of imidazole rings is 1. The van der Waals surface area contributed by atoms with Crippen LogP contribution in [0.5, 0.6) is 0 Å². The molecule has 0 radical (unpaired) electrons. The number of nitrogens with two attached hydrogens (primary N) is 1. The van der Waals surface area contributed by atoms with Crippen LogP contribution in [0.15, 0.2) is 9.40 Å². The number of carbonyl (C=O) groups is 1. The molecule has 1 rings (SSSR count). The predicted molar refractivity (Wildman–Crippen MR) is 53.2 cm³/mol. The molecular formula is C7H10BrN3O3. The van der Waals surface area contributed by atoms with E-state index in [2.05, 4.69) is 25.9 Å². The molecule has 0 aliphatic rings. The summed E-state index contributed by atoms with van der Waals surface area (Å²) in [5.41, 5.74) is 5.53. The number of nitrogens with one attached hydrogen (secondary N) is 2. The Labute approximate surface area is 87.6 Å². The van der Waals surface area contributed by atoms with Crippen molar-refractivity contribution in [1.82, 2.24) is 9.97 Å². The minimum Gasteiger partial charge on any atom is -0.481 e. The van der Waals surface area contributed by atoms with Gasteiger partial charge in [0.1, 0.15) is 4.60 Å². The van der Waals surface area contributed by atoms with Crippen molar-refractivity contribution >= 4 is 21.9 Å². The van der Waals surface area contributed by atoms with Gasteiger partial charge in [-0.15, -0.1) is 0 Å². The fourth-order valence-corrected chi connectivity index (χ4v) is 1.77. The molecule has 0 saturated heterocycles. The number of aromatic nitrogens is 2. The monoisotopic (exact) mass is 263 g/mol. The molecule has 1 aromatic heterocycles. The number of hydrogen-bond donors (Lipinski definition) is 4. The Hall–Kier alpha value is -1.08. The second-order valence-corrected chi connectivity index (χ2v) is 3.63. The SMILES string of the molecule is NCC(CC(=O)O)c1[nH]c(=O)[nH]c1Br. The largest absolute Gasteiger partial charge is 0.481 e. The molecule has 0 fully saturated rings. The van der Waals surface area contributed by atoms with Gasteiger partial charge in [0.2, 0.25) is 0 Å². The van der Waals surface area contributed by atoms with Crippen LogP contribution in [0.25, 0.3) is 0 Å². The Morgan fingerprint density at radius 2 is 2.21 bits per heavy atom. The van der Waals surface area contributed by atoms with E-state index in [9.17, 15) is 9.59 Å². The number of hydrogen-bond acceptors (Lipinski definition) is 3. The van der Waals surface area contributed by atoms with Crippen molar-refractivity contribution in [1.29, 1.82) is 0 Å². The third-order valence-electron chi connectivity index (χ3n) is 1.82. The second kappa shape index (κ2) is 4.43. The van der Waals surface area contributed by atoms with Crippen LogP contribution in [-0.2, 0) is 4.79 Å². The molecule has 6 nitrogen and oxygen atoms in total. The third-order valence-corrected chi connectivity index (χ3v) is 2.45. The lowest BCUT2D eigenvalue weighted by atomic mass is 10.0. The normalized spacial score (nSPS) is 12.7. The van der Waals surface area contributed by atoms with E-state index in [0.717, 1.165) is 0 Å². The highest BCUT2D eigenvalue weighted by Crippen LogP contribution is 2.21. The number of rotatable bonds is 4. The molecular weight excluding hydrogens is 254 g/mol. The summed E-state index contributed by atoms with van der Waals surface area (Å²) in [6, 6.07) is 0. The Morgan fingerprint density at radius 3 is 2.57 bits per heavy atom. The lowest BCUT2D eigenvalue weighted by Crippen LogP contribution is -2.17. The van der Waals surface area contributed by atoms with E-state index in [0.29, 0.717) is 10.3 Å². The zero-order chi connectivity index (χ0) is 10.7. The first-order valence-corrected chi connectivity index (χ1v) is 4.73. The number of aromatic amines is 2. The predicted octanol–water partition coefficient (Wildman–Crippen LogP) is -0.0175. The summed E-state index contributed by atoms with van der Waals surface area (Å²) in [6.45, 7) is 0.165. The maximum Gasteiger partial charge on any atom is 0.323 e. The van der Waals surface area contributed by atoms with E-state index in [1.54, 1.807) is 0 Å². The van der Waals surface area contributed by atoms with E-state index in [4.69, 9.17) is 10.8 Å². The zero-order valence-corrected chi connectivity index (χ0v) is 8.80. The molecule has 0 aliphatic carbocycles. The van der Waals surface area contributed by atoms with Crippen molar-refractivity contribution in [2.45, 2.75) is 12.3 Å². The van der Waals surface area contributed by atoms with Crippen LogP contribution in [0.1, 0.15) is 18.0 Å². The van der Waals surface area contributed by atoms with Crippen molar-refractivity contribution in [3.8, 4) is 0 Å². The summed E-state index contributed by atoms with van der Waals surface area (Å²) in [7, 11) is 0. The first kappa shape index (κ1) is 11.0. The summed E-state index contributed by atoms with van der Waals surface area (Å²) in [5, 5.41) is 8.60. The van der Waals surface area contributed by atoms with Crippen LogP contribution in [0.3, 0.4) is 0 Å². The van der Waals surface area contributed by atoms with Gasteiger partial charge in [-0.2, -0.15) is 0 Å². The van der Waals surface area contributed by atoms with Crippen LogP contribution in [-0.4, -0.2) is 27.6 Å². The summed E-state index contributed by atoms with van der Waals surface area (Å²) < 4.78 is 0.458. The number of aliphatic carboxylic acids is 1. The molecule has 7 heteroatoms. The van der Waals surface area contributed by atoms with E-state index in [-0.39, 0.29) is 24.6 Å². The third kappa shape index (κ3) is 2.46. The lowest BCUT2D eigenvalue weighted by molar-refractivity contribution is -0.137. The van der Waals surface area contributed by atoms with Gasteiger partial charge in [0, 0.05) is 12.5 Å². The summed E-state index contributed by atoms with van der Waals surface area (Å²) >= 11 is 3.11.